The molecule has 0 aliphatic heterocycles. The van der Waals surface area contributed by atoms with Crippen LogP contribution < -0.4 is 10.5 Å². The number of fused-ring (bicyclic) bond motifs is 1. The molecule has 3 rings (SSSR count). The largest absolute Gasteiger partial charge is 0.497 e. The lowest BCUT2D eigenvalue weighted by atomic mass is 10.1. The number of thiazole rings is 1. The summed E-state index contributed by atoms with van der Waals surface area (Å²) in [6.07, 6.45) is 1.81. The van der Waals surface area contributed by atoms with Crippen molar-refractivity contribution >= 4 is 27.4 Å². The highest BCUT2D eigenvalue weighted by Gasteiger charge is 2.13. The Labute approximate surface area is 108 Å². The lowest BCUT2D eigenvalue weighted by Gasteiger charge is -2.00. The van der Waals surface area contributed by atoms with Gasteiger partial charge < -0.3 is 15.5 Å². The topological polar surface area (TPSA) is 63.9 Å². The van der Waals surface area contributed by atoms with Gasteiger partial charge in [-0.15, -0.1) is 0 Å². The maximum absolute atomic E-state index is 5.71. The smallest absolute Gasteiger partial charge is 0.180 e. The van der Waals surface area contributed by atoms with E-state index >= 15 is 0 Å². The van der Waals surface area contributed by atoms with Crippen molar-refractivity contribution in [1.82, 2.24) is 9.97 Å². The van der Waals surface area contributed by atoms with Crippen LogP contribution in [-0.2, 0) is 0 Å². The van der Waals surface area contributed by atoms with E-state index in [9.17, 15) is 0 Å². The van der Waals surface area contributed by atoms with E-state index in [1.807, 2.05) is 24.4 Å². The summed E-state index contributed by atoms with van der Waals surface area (Å²) in [5.41, 5.74) is 9.06. The fourth-order valence-corrected chi connectivity index (χ4v) is 2.95. The minimum atomic E-state index is 0.585. The number of H-pyrrole nitrogens is 1. The van der Waals surface area contributed by atoms with Crippen molar-refractivity contribution in [2.75, 3.05) is 12.8 Å². The van der Waals surface area contributed by atoms with E-state index in [1.165, 1.54) is 11.3 Å². The van der Waals surface area contributed by atoms with Gasteiger partial charge in [-0.3, -0.25) is 0 Å². The predicted octanol–water partition coefficient (Wildman–Crippen LogP) is 3.19. The van der Waals surface area contributed by atoms with Gasteiger partial charge in [0.05, 0.1) is 12.0 Å². The van der Waals surface area contributed by atoms with E-state index in [0.717, 1.165) is 32.8 Å². The number of hydrogen-bond donors (Lipinski definition) is 2. The number of ether oxygens (including phenoxy) is 1. The fraction of sp³-hybridized carbons (Fsp3) is 0.154. The molecular weight excluding hydrogens is 246 g/mol. The van der Waals surface area contributed by atoms with Crippen LogP contribution in [0, 0.1) is 6.92 Å². The molecule has 0 radical (unpaired) electrons. The summed E-state index contributed by atoms with van der Waals surface area (Å²) in [4.78, 5) is 8.56. The highest BCUT2D eigenvalue weighted by Crippen LogP contribution is 2.37. The Hall–Kier alpha value is -2.01. The van der Waals surface area contributed by atoms with Gasteiger partial charge in [-0.05, 0) is 25.1 Å². The molecule has 92 valence electrons. The molecule has 5 heteroatoms. The molecule has 0 aliphatic carbocycles. The maximum Gasteiger partial charge on any atom is 0.180 e. The van der Waals surface area contributed by atoms with Crippen molar-refractivity contribution in [3.63, 3.8) is 0 Å². The first-order valence-electron chi connectivity index (χ1n) is 5.57. The number of nitrogen functional groups attached to an aromatic ring is 1. The van der Waals surface area contributed by atoms with Crippen LogP contribution in [0.5, 0.6) is 5.75 Å². The van der Waals surface area contributed by atoms with E-state index in [2.05, 4.69) is 16.9 Å². The van der Waals surface area contributed by atoms with Crippen LogP contribution in [0.15, 0.2) is 24.4 Å². The average Bonchev–Trinajstić information content (AvgIpc) is 2.90. The Morgan fingerprint density at radius 3 is 2.89 bits per heavy atom. The summed E-state index contributed by atoms with van der Waals surface area (Å²) < 4.78 is 5.28. The number of aryl methyl sites for hydroxylation is 1. The van der Waals surface area contributed by atoms with Crippen LogP contribution in [0.4, 0.5) is 5.13 Å². The van der Waals surface area contributed by atoms with Gasteiger partial charge in [-0.25, -0.2) is 4.98 Å². The summed E-state index contributed by atoms with van der Waals surface area (Å²) in [5, 5.41) is 1.72. The molecular formula is C13H13N3OS. The number of rotatable bonds is 2. The monoisotopic (exact) mass is 259 g/mol. The summed E-state index contributed by atoms with van der Waals surface area (Å²) >= 11 is 1.49. The molecule has 3 aromatic rings. The third-order valence-electron chi connectivity index (χ3n) is 2.96. The van der Waals surface area contributed by atoms with Crippen molar-refractivity contribution in [3.8, 4) is 16.2 Å². The van der Waals surface area contributed by atoms with E-state index < -0.39 is 0 Å². The normalized spacial score (nSPS) is 11.0. The number of anilines is 1. The van der Waals surface area contributed by atoms with Crippen molar-refractivity contribution in [1.29, 1.82) is 0 Å². The third-order valence-corrected chi connectivity index (χ3v) is 3.81. The van der Waals surface area contributed by atoms with Crippen LogP contribution in [0.3, 0.4) is 0 Å². The molecule has 0 saturated heterocycles. The van der Waals surface area contributed by atoms with Crippen molar-refractivity contribution in [3.05, 3.63) is 30.1 Å². The molecule has 0 aliphatic rings. The molecule has 18 heavy (non-hydrogen) atoms. The number of hydrogen-bond acceptors (Lipinski definition) is 4. The summed E-state index contributed by atoms with van der Waals surface area (Å²) in [7, 11) is 1.67. The summed E-state index contributed by atoms with van der Waals surface area (Å²) in [6, 6.07) is 6.00. The number of nitrogens with zero attached hydrogens (tertiary/aromatic N) is 1. The highest BCUT2D eigenvalue weighted by molar-refractivity contribution is 7.18. The molecule has 0 amide bonds. The molecule has 0 bridgehead atoms. The van der Waals surface area contributed by atoms with Gasteiger partial charge >= 0.3 is 0 Å². The fourth-order valence-electron chi connectivity index (χ4n) is 2.15. The van der Waals surface area contributed by atoms with Crippen molar-refractivity contribution in [2.45, 2.75) is 6.92 Å². The minimum absolute atomic E-state index is 0.585. The lowest BCUT2D eigenvalue weighted by molar-refractivity contribution is 0.415. The number of aromatic amines is 1. The molecule has 0 fully saturated rings. The molecule has 0 atom stereocenters. The van der Waals surface area contributed by atoms with Gasteiger partial charge in [-0.2, -0.15) is 0 Å². The van der Waals surface area contributed by atoms with E-state index in [4.69, 9.17) is 10.5 Å². The molecule has 1 aromatic carbocycles. The van der Waals surface area contributed by atoms with Crippen LogP contribution in [0.25, 0.3) is 21.3 Å². The molecule has 2 aromatic heterocycles. The average molecular weight is 259 g/mol. The third kappa shape index (κ3) is 1.64. The van der Waals surface area contributed by atoms with E-state index in [1.54, 1.807) is 7.11 Å². The van der Waals surface area contributed by atoms with Gasteiger partial charge in [-0.1, -0.05) is 11.3 Å². The van der Waals surface area contributed by atoms with Gasteiger partial charge in [0.1, 0.15) is 5.75 Å². The summed E-state index contributed by atoms with van der Waals surface area (Å²) in [5.74, 6) is 0.847. The number of nitrogens with one attached hydrogen (secondary N) is 1. The van der Waals surface area contributed by atoms with Gasteiger partial charge in [0.15, 0.2) is 5.13 Å². The Bertz CT molecular complexity index is 714. The Morgan fingerprint density at radius 2 is 2.22 bits per heavy atom. The Morgan fingerprint density at radius 1 is 1.39 bits per heavy atom. The van der Waals surface area contributed by atoms with Crippen LogP contribution >= 0.6 is 11.3 Å². The zero-order valence-electron chi connectivity index (χ0n) is 10.2. The first kappa shape index (κ1) is 11.1. The van der Waals surface area contributed by atoms with E-state index in [-0.39, 0.29) is 0 Å². The number of nitrogens with two attached hydrogens (primary N) is 1. The predicted molar refractivity (Wildman–Crippen MR) is 75.1 cm³/mol. The quantitative estimate of drug-likeness (QED) is 0.743. The molecule has 3 N–H and O–H groups in total. The second-order valence-corrected chi connectivity index (χ2v) is 5.16. The summed E-state index contributed by atoms with van der Waals surface area (Å²) in [6.45, 7) is 2.05. The Kier molecular flexibility index (Phi) is 2.48. The maximum atomic E-state index is 5.71. The van der Waals surface area contributed by atoms with Crippen molar-refractivity contribution < 1.29 is 4.74 Å². The molecule has 0 saturated carbocycles. The standard InChI is InChI=1S/C13H13N3OS/c1-7-12(11-6-15-13(14)18-11)9-5-8(17-2)3-4-10(9)16-7/h3-6,16H,1-2H3,(H2,14,15). The van der Waals surface area contributed by atoms with Crippen LogP contribution in [0.2, 0.25) is 0 Å². The minimum Gasteiger partial charge on any atom is -0.497 e. The number of methoxy groups -OCH3 is 1. The van der Waals surface area contributed by atoms with Gasteiger partial charge in [0.25, 0.3) is 0 Å². The molecule has 0 spiro atoms. The Balaban J connectivity index is 2.29. The van der Waals surface area contributed by atoms with Crippen LogP contribution in [-0.4, -0.2) is 17.1 Å². The zero-order valence-corrected chi connectivity index (χ0v) is 11.0. The van der Waals surface area contributed by atoms with Gasteiger partial charge in [0.2, 0.25) is 0 Å². The zero-order chi connectivity index (χ0) is 12.7. The SMILES string of the molecule is COc1ccc2[nH]c(C)c(-c3cnc(N)s3)c2c1. The van der Waals surface area contributed by atoms with E-state index in [0.29, 0.717) is 5.13 Å². The molecule has 4 nitrogen and oxygen atoms in total. The molecule has 2 heterocycles. The highest BCUT2D eigenvalue weighted by atomic mass is 32.1. The molecule has 0 unspecified atom stereocenters. The van der Waals surface area contributed by atoms with Crippen molar-refractivity contribution in [2.24, 2.45) is 0 Å². The number of aromatic nitrogens is 2. The van der Waals surface area contributed by atoms with Crippen LogP contribution in [0.1, 0.15) is 5.69 Å². The second kappa shape index (κ2) is 4.03. The second-order valence-electron chi connectivity index (χ2n) is 4.10. The first-order chi connectivity index (χ1) is 8.69. The first-order valence-corrected chi connectivity index (χ1v) is 6.38. The number of benzene rings is 1. The lowest BCUT2D eigenvalue weighted by Crippen LogP contribution is -1.81. The van der Waals surface area contributed by atoms with Gasteiger partial charge in [0, 0.05) is 28.4 Å².